The van der Waals surface area contributed by atoms with Crippen molar-refractivity contribution in [1.82, 2.24) is 9.97 Å². The van der Waals surface area contributed by atoms with Crippen LogP contribution in [0.2, 0.25) is 0 Å². The van der Waals surface area contributed by atoms with Gasteiger partial charge in [-0.25, -0.2) is 9.97 Å². The number of rotatable bonds is 7. The van der Waals surface area contributed by atoms with Crippen molar-refractivity contribution in [2.24, 2.45) is 0 Å². The lowest BCUT2D eigenvalue weighted by Crippen LogP contribution is -2.09. The average molecular weight is 702 g/mol. The van der Waals surface area contributed by atoms with Crippen LogP contribution in [-0.4, -0.2) is 9.97 Å². The first-order valence-corrected chi connectivity index (χ1v) is 18.7. The number of nitrogens with zero attached hydrogens (tertiary/aromatic N) is 3. The number of hydrogen-bond acceptors (Lipinski definition) is 3. The number of anilines is 3. The van der Waals surface area contributed by atoms with Gasteiger partial charge in [0.1, 0.15) is 0 Å². The molecule has 0 radical (unpaired) electrons. The van der Waals surface area contributed by atoms with Crippen LogP contribution in [0.15, 0.2) is 212 Å². The molecule has 10 aromatic rings. The van der Waals surface area contributed by atoms with Crippen molar-refractivity contribution in [1.29, 1.82) is 0 Å². The SMILES string of the molecule is c1ccc(-c2cc(-c3ccc4ccc5c(-c6ccc(N(c7ccccc7)c7ccccc7)cc6)nc6ccccc6c5c4c3)cc(-c3ccccc3)n2)cc1. The minimum Gasteiger partial charge on any atom is -0.311 e. The third-order valence-electron chi connectivity index (χ3n) is 10.4. The van der Waals surface area contributed by atoms with Crippen LogP contribution in [-0.2, 0) is 0 Å². The van der Waals surface area contributed by atoms with E-state index in [1.807, 2.05) is 12.1 Å². The van der Waals surface area contributed by atoms with Crippen LogP contribution in [0.5, 0.6) is 0 Å². The maximum absolute atomic E-state index is 5.32. The molecule has 2 heterocycles. The molecule has 55 heavy (non-hydrogen) atoms. The van der Waals surface area contributed by atoms with Gasteiger partial charge in [-0.3, -0.25) is 0 Å². The third-order valence-corrected chi connectivity index (χ3v) is 10.4. The Morgan fingerprint density at radius 1 is 0.309 bits per heavy atom. The summed E-state index contributed by atoms with van der Waals surface area (Å²) in [5.41, 5.74) is 12.7. The molecule has 0 amide bonds. The minimum absolute atomic E-state index is 0.952. The highest BCUT2D eigenvalue weighted by Crippen LogP contribution is 2.41. The quantitative estimate of drug-likeness (QED) is 0.155. The second kappa shape index (κ2) is 13.9. The van der Waals surface area contributed by atoms with E-state index in [0.717, 1.165) is 78.3 Å². The molecule has 258 valence electrons. The zero-order valence-electron chi connectivity index (χ0n) is 30.0. The summed E-state index contributed by atoms with van der Waals surface area (Å²) in [6, 6.07) is 75.0. The highest BCUT2D eigenvalue weighted by atomic mass is 15.1. The van der Waals surface area contributed by atoms with Crippen LogP contribution < -0.4 is 4.90 Å². The van der Waals surface area contributed by atoms with Crippen LogP contribution in [0.4, 0.5) is 17.1 Å². The highest BCUT2D eigenvalue weighted by Gasteiger charge is 2.17. The number of hydrogen-bond donors (Lipinski definition) is 0. The molecule has 0 spiro atoms. The number of pyridine rings is 2. The van der Waals surface area contributed by atoms with E-state index in [4.69, 9.17) is 9.97 Å². The molecule has 8 aromatic carbocycles. The molecule has 2 aromatic heterocycles. The second-order valence-corrected chi connectivity index (χ2v) is 13.8. The van der Waals surface area contributed by atoms with E-state index < -0.39 is 0 Å². The summed E-state index contributed by atoms with van der Waals surface area (Å²) in [4.78, 5) is 12.7. The first-order valence-electron chi connectivity index (χ1n) is 18.7. The Bertz CT molecular complexity index is 2850. The average Bonchev–Trinajstić information content (AvgIpc) is 3.27. The van der Waals surface area contributed by atoms with Crippen molar-refractivity contribution in [2.75, 3.05) is 4.90 Å². The fourth-order valence-electron chi connectivity index (χ4n) is 7.75. The third kappa shape index (κ3) is 6.08. The summed E-state index contributed by atoms with van der Waals surface area (Å²) in [6.45, 7) is 0. The monoisotopic (exact) mass is 701 g/mol. The van der Waals surface area contributed by atoms with Gasteiger partial charge in [0.05, 0.1) is 22.6 Å². The van der Waals surface area contributed by atoms with E-state index in [0.29, 0.717) is 0 Å². The van der Waals surface area contributed by atoms with Crippen LogP contribution in [0.1, 0.15) is 0 Å². The maximum Gasteiger partial charge on any atom is 0.0788 e. The van der Waals surface area contributed by atoms with Crippen molar-refractivity contribution in [2.45, 2.75) is 0 Å². The Morgan fingerprint density at radius 3 is 1.44 bits per heavy atom. The predicted molar refractivity (Wildman–Crippen MR) is 231 cm³/mol. The summed E-state index contributed by atoms with van der Waals surface area (Å²) in [7, 11) is 0. The zero-order chi connectivity index (χ0) is 36.6. The van der Waals surface area contributed by atoms with Gasteiger partial charge in [-0.05, 0) is 82.6 Å². The first kappa shape index (κ1) is 32.3. The van der Waals surface area contributed by atoms with E-state index in [1.165, 1.54) is 16.2 Å². The topological polar surface area (TPSA) is 29.0 Å². The smallest absolute Gasteiger partial charge is 0.0788 e. The Labute approximate surface area is 320 Å². The molecule has 0 aliphatic carbocycles. The van der Waals surface area contributed by atoms with E-state index >= 15 is 0 Å². The summed E-state index contributed by atoms with van der Waals surface area (Å²) in [5.74, 6) is 0. The molecule has 10 rings (SSSR count). The van der Waals surface area contributed by atoms with Crippen LogP contribution >= 0.6 is 0 Å². The van der Waals surface area contributed by atoms with Crippen LogP contribution in [0.25, 0.3) is 77.3 Å². The van der Waals surface area contributed by atoms with Crippen molar-refractivity contribution in [3.8, 4) is 44.9 Å². The van der Waals surface area contributed by atoms with E-state index in [9.17, 15) is 0 Å². The van der Waals surface area contributed by atoms with Gasteiger partial charge < -0.3 is 4.90 Å². The summed E-state index contributed by atoms with van der Waals surface area (Å²) in [6.07, 6.45) is 0. The molecule has 3 heteroatoms. The van der Waals surface area contributed by atoms with Gasteiger partial charge in [0, 0.05) is 49.9 Å². The fourth-order valence-corrected chi connectivity index (χ4v) is 7.75. The summed E-state index contributed by atoms with van der Waals surface area (Å²) < 4.78 is 0. The largest absolute Gasteiger partial charge is 0.311 e. The van der Waals surface area contributed by atoms with Crippen molar-refractivity contribution in [3.05, 3.63) is 212 Å². The molecule has 0 N–H and O–H groups in total. The Balaban J connectivity index is 1.14. The molecule has 3 nitrogen and oxygen atoms in total. The van der Waals surface area contributed by atoms with Gasteiger partial charge in [0.15, 0.2) is 0 Å². The lowest BCUT2D eigenvalue weighted by atomic mass is 9.92. The van der Waals surface area contributed by atoms with Crippen molar-refractivity contribution >= 4 is 49.5 Å². The minimum atomic E-state index is 0.952. The summed E-state index contributed by atoms with van der Waals surface area (Å²) >= 11 is 0. The molecule has 0 bridgehead atoms. The predicted octanol–water partition coefficient (Wildman–Crippen LogP) is 14.1. The highest BCUT2D eigenvalue weighted by molar-refractivity contribution is 6.22. The van der Waals surface area contributed by atoms with Crippen molar-refractivity contribution < 1.29 is 0 Å². The first-order chi connectivity index (χ1) is 27.3. The lowest BCUT2D eigenvalue weighted by molar-refractivity contribution is 1.28. The molecule has 0 aliphatic rings. The Morgan fingerprint density at radius 2 is 0.818 bits per heavy atom. The van der Waals surface area contributed by atoms with Gasteiger partial charge >= 0.3 is 0 Å². The zero-order valence-corrected chi connectivity index (χ0v) is 30.0. The molecule has 0 saturated carbocycles. The number of fused-ring (bicyclic) bond motifs is 5. The van der Waals surface area contributed by atoms with E-state index in [2.05, 4.69) is 205 Å². The van der Waals surface area contributed by atoms with E-state index in [1.54, 1.807) is 0 Å². The normalized spacial score (nSPS) is 11.3. The fraction of sp³-hybridized carbons (Fsp3) is 0. The van der Waals surface area contributed by atoms with Gasteiger partial charge in [-0.15, -0.1) is 0 Å². The Hall–Kier alpha value is -7.36. The van der Waals surface area contributed by atoms with Gasteiger partial charge in [0.2, 0.25) is 0 Å². The van der Waals surface area contributed by atoms with Gasteiger partial charge in [0.25, 0.3) is 0 Å². The number of para-hydroxylation sites is 3. The summed E-state index contributed by atoms with van der Waals surface area (Å²) in [5, 5.41) is 5.87. The molecule has 0 saturated heterocycles. The van der Waals surface area contributed by atoms with Crippen LogP contribution in [0, 0.1) is 0 Å². The molecule has 0 aliphatic heterocycles. The maximum atomic E-state index is 5.32. The lowest BCUT2D eigenvalue weighted by Gasteiger charge is -2.25. The van der Waals surface area contributed by atoms with Crippen molar-refractivity contribution in [3.63, 3.8) is 0 Å². The van der Waals surface area contributed by atoms with Gasteiger partial charge in [-0.1, -0.05) is 152 Å². The molecule has 0 fully saturated rings. The number of aromatic nitrogens is 2. The molecular weight excluding hydrogens is 667 g/mol. The molecule has 0 unspecified atom stereocenters. The Kier molecular flexibility index (Phi) is 8.16. The standard InChI is InChI=1S/C52H35N3/c1-5-15-37(16-6-1)49-34-41(35-50(53-49)38-17-7-2-8-18-38)40-26-25-36-29-32-46-51(47(36)33-40)45-23-13-14-24-48(45)54-52(46)39-27-30-44(31-28-39)55(42-19-9-3-10-20-42)43-21-11-4-12-22-43/h1-35H. The van der Waals surface area contributed by atoms with E-state index in [-0.39, 0.29) is 0 Å². The van der Waals surface area contributed by atoms with Gasteiger partial charge in [-0.2, -0.15) is 0 Å². The molecular formula is C52H35N3. The van der Waals surface area contributed by atoms with Crippen LogP contribution in [0.3, 0.4) is 0 Å². The number of benzene rings is 8. The molecule has 0 atom stereocenters. The second-order valence-electron chi connectivity index (χ2n) is 13.8.